The topological polar surface area (TPSA) is 29.1 Å². The Morgan fingerprint density at radius 3 is 2.19 bits per heavy atom. The second kappa shape index (κ2) is 6.31. The number of amides is 1. The highest BCUT2D eigenvalue weighted by molar-refractivity contribution is 6.18. The van der Waals surface area contributed by atoms with E-state index in [1.165, 1.54) is 11.1 Å². The summed E-state index contributed by atoms with van der Waals surface area (Å²) in [7, 11) is 0. The number of hydrogen-bond acceptors (Lipinski definition) is 1. The van der Waals surface area contributed by atoms with Gasteiger partial charge in [-0.25, -0.2) is 0 Å². The molecule has 0 aliphatic heterocycles. The maximum absolute atomic E-state index is 12.5. The monoisotopic (exact) mass is 299 g/mol. The molecule has 1 N–H and O–H groups in total. The minimum Gasteiger partial charge on any atom is -0.348 e. The predicted octanol–water partition coefficient (Wildman–Crippen LogP) is 3.50. The SMILES string of the molecule is O=C(NC(CCl)c1ccccc1)C1Cc2ccccc2C1. The van der Waals surface area contributed by atoms with Crippen molar-refractivity contribution in [2.24, 2.45) is 5.92 Å². The van der Waals surface area contributed by atoms with Gasteiger partial charge in [0.1, 0.15) is 0 Å². The maximum atomic E-state index is 12.5. The fourth-order valence-electron chi connectivity index (χ4n) is 2.93. The van der Waals surface area contributed by atoms with E-state index in [1.807, 2.05) is 42.5 Å². The molecule has 108 valence electrons. The number of halogens is 1. The Balaban J connectivity index is 1.67. The molecule has 3 heteroatoms. The van der Waals surface area contributed by atoms with Crippen LogP contribution in [0.25, 0.3) is 0 Å². The Kier molecular flexibility index (Phi) is 4.26. The van der Waals surface area contributed by atoms with Crippen LogP contribution in [0, 0.1) is 5.92 Å². The third-order valence-corrected chi connectivity index (χ3v) is 4.40. The number of carbonyl (C=O) groups is 1. The van der Waals surface area contributed by atoms with Gasteiger partial charge < -0.3 is 5.32 Å². The summed E-state index contributed by atoms with van der Waals surface area (Å²) in [6.07, 6.45) is 1.65. The van der Waals surface area contributed by atoms with E-state index in [0.717, 1.165) is 18.4 Å². The van der Waals surface area contributed by atoms with Gasteiger partial charge in [0.2, 0.25) is 5.91 Å². The molecular formula is C18H18ClNO. The molecule has 3 rings (SSSR count). The van der Waals surface area contributed by atoms with E-state index in [4.69, 9.17) is 11.6 Å². The van der Waals surface area contributed by atoms with Crippen LogP contribution in [0.3, 0.4) is 0 Å². The van der Waals surface area contributed by atoms with Crippen LogP contribution in [0.15, 0.2) is 54.6 Å². The van der Waals surface area contributed by atoms with Crippen molar-refractivity contribution in [3.05, 3.63) is 71.3 Å². The minimum atomic E-state index is -0.121. The molecule has 1 unspecified atom stereocenters. The highest BCUT2D eigenvalue weighted by Crippen LogP contribution is 2.27. The molecular weight excluding hydrogens is 282 g/mol. The number of carbonyl (C=O) groups excluding carboxylic acids is 1. The van der Waals surface area contributed by atoms with Crippen molar-refractivity contribution in [2.75, 3.05) is 5.88 Å². The van der Waals surface area contributed by atoms with Crippen LogP contribution in [0.1, 0.15) is 22.7 Å². The smallest absolute Gasteiger partial charge is 0.224 e. The standard InChI is InChI=1S/C18H18ClNO/c19-12-17(13-6-2-1-3-7-13)20-18(21)16-10-14-8-4-5-9-15(14)11-16/h1-9,16-17H,10-12H2,(H,20,21). The van der Waals surface area contributed by atoms with Crippen molar-refractivity contribution in [1.82, 2.24) is 5.32 Å². The summed E-state index contributed by atoms with van der Waals surface area (Å²) in [6.45, 7) is 0. The summed E-state index contributed by atoms with van der Waals surface area (Å²) >= 11 is 6.03. The van der Waals surface area contributed by atoms with Crippen molar-refractivity contribution >= 4 is 17.5 Å². The predicted molar refractivity (Wildman–Crippen MR) is 85.4 cm³/mol. The van der Waals surface area contributed by atoms with Crippen LogP contribution >= 0.6 is 11.6 Å². The van der Waals surface area contributed by atoms with Crippen LogP contribution in [0.4, 0.5) is 0 Å². The van der Waals surface area contributed by atoms with Crippen LogP contribution in [-0.2, 0) is 17.6 Å². The first-order valence-corrected chi connectivity index (χ1v) is 7.79. The van der Waals surface area contributed by atoms with Crippen LogP contribution < -0.4 is 5.32 Å². The average Bonchev–Trinajstić information content (AvgIpc) is 2.97. The van der Waals surface area contributed by atoms with E-state index >= 15 is 0 Å². The van der Waals surface area contributed by atoms with E-state index in [9.17, 15) is 4.79 Å². The van der Waals surface area contributed by atoms with Gasteiger partial charge >= 0.3 is 0 Å². The lowest BCUT2D eigenvalue weighted by Crippen LogP contribution is -2.35. The second-order valence-electron chi connectivity index (χ2n) is 5.50. The van der Waals surface area contributed by atoms with Gasteiger partial charge in [0.15, 0.2) is 0 Å². The average molecular weight is 300 g/mol. The molecule has 0 saturated carbocycles. The third kappa shape index (κ3) is 3.11. The lowest BCUT2D eigenvalue weighted by Gasteiger charge is -2.19. The minimum absolute atomic E-state index is 0.0248. The van der Waals surface area contributed by atoms with E-state index in [2.05, 4.69) is 17.4 Å². The quantitative estimate of drug-likeness (QED) is 0.860. The van der Waals surface area contributed by atoms with Gasteiger partial charge in [0.05, 0.1) is 6.04 Å². The molecule has 0 bridgehead atoms. The van der Waals surface area contributed by atoms with Gasteiger partial charge in [-0.2, -0.15) is 0 Å². The van der Waals surface area contributed by atoms with Crippen molar-refractivity contribution in [3.8, 4) is 0 Å². The molecule has 1 aliphatic carbocycles. The van der Waals surface area contributed by atoms with Gasteiger partial charge in [-0.15, -0.1) is 11.6 Å². The number of benzene rings is 2. The normalized spacial score (nSPS) is 15.5. The fraction of sp³-hybridized carbons (Fsp3) is 0.278. The number of hydrogen-bond donors (Lipinski definition) is 1. The lowest BCUT2D eigenvalue weighted by atomic mass is 10.0. The van der Waals surface area contributed by atoms with Gasteiger partial charge in [-0.1, -0.05) is 54.6 Å². The highest BCUT2D eigenvalue weighted by atomic mass is 35.5. The third-order valence-electron chi connectivity index (χ3n) is 4.09. The van der Waals surface area contributed by atoms with Crippen molar-refractivity contribution in [3.63, 3.8) is 0 Å². The van der Waals surface area contributed by atoms with Crippen molar-refractivity contribution in [2.45, 2.75) is 18.9 Å². The zero-order valence-electron chi connectivity index (χ0n) is 11.8. The summed E-state index contributed by atoms with van der Waals surface area (Å²) in [5.41, 5.74) is 3.64. The molecule has 0 fully saturated rings. The Labute approximate surface area is 130 Å². The number of nitrogens with one attached hydrogen (secondary N) is 1. The Morgan fingerprint density at radius 1 is 1.05 bits per heavy atom. The molecule has 1 aliphatic rings. The zero-order chi connectivity index (χ0) is 14.7. The molecule has 21 heavy (non-hydrogen) atoms. The molecule has 1 atom stereocenters. The lowest BCUT2D eigenvalue weighted by molar-refractivity contribution is -0.125. The van der Waals surface area contributed by atoms with Gasteiger partial charge in [0, 0.05) is 11.8 Å². The van der Waals surface area contributed by atoms with E-state index in [-0.39, 0.29) is 17.9 Å². The van der Waals surface area contributed by atoms with Crippen molar-refractivity contribution in [1.29, 1.82) is 0 Å². The molecule has 0 saturated heterocycles. The fourth-order valence-corrected chi connectivity index (χ4v) is 3.19. The Morgan fingerprint density at radius 2 is 1.62 bits per heavy atom. The molecule has 0 aromatic heterocycles. The molecule has 2 aromatic carbocycles. The van der Waals surface area contributed by atoms with E-state index in [1.54, 1.807) is 0 Å². The molecule has 0 radical (unpaired) electrons. The highest BCUT2D eigenvalue weighted by Gasteiger charge is 2.28. The Hall–Kier alpha value is -1.80. The van der Waals surface area contributed by atoms with E-state index < -0.39 is 0 Å². The molecule has 0 spiro atoms. The van der Waals surface area contributed by atoms with E-state index in [0.29, 0.717) is 5.88 Å². The van der Waals surface area contributed by atoms with Gasteiger partial charge in [-0.05, 0) is 29.5 Å². The summed E-state index contributed by atoms with van der Waals surface area (Å²) < 4.78 is 0. The number of fused-ring (bicyclic) bond motifs is 1. The second-order valence-corrected chi connectivity index (χ2v) is 5.81. The molecule has 2 nitrogen and oxygen atoms in total. The first-order chi connectivity index (χ1) is 10.3. The van der Waals surface area contributed by atoms with Crippen LogP contribution in [0.2, 0.25) is 0 Å². The summed E-state index contributed by atoms with van der Waals surface area (Å²) in [6, 6.07) is 18.0. The molecule has 2 aromatic rings. The largest absolute Gasteiger partial charge is 0.348 e. The molecule has 1 amide bonds. The van der Waals surface area contributed by atoms with Gasteiger partial charge in [0.25, 0.3) is 0 Å². The zero-order valence-corrected chi connectivity index (χ0v) is 12.5. The van der Waals surface area contributed by atoms with Crippen molar-refractivity contribution < 1.29 is 4.79 Å². The summed E-state index contributed by atoms with van der Waals surface area (Å²) in [5.74, 6) is 0.507. The van der Waals surface area contributed by atoms with Crippen LogP contribution in [0.5, 0.6) is 0 Å². The molecule has 0 heterocycles. The van der Waals surface area contributed by atoms with Crippen LogP contribution in [-0.4, -0.2) is 11.8 Å². The number of alkyl halides is 1. The Bertz CT molecular complexity index is 601. The summed E-state index contributed by atoms with van der Waals surface area (Å²) in [5, 5.41) is 3.09. The maximum Gasteiger partial charge on any atom is 0.224 e. The van der Waals surface area contributed by atoms with Gasteiger partial charge in [-0.3, -0.25) is 4.79 Å². The first kappa shape index (κ1) is 14.2. The summed E-state index contributed by atoms with van der Waals surface area (Å²) in [4.78, 5) is 12.5. The number of rotatable bonds is 4. The first-order valence-electron chi connectivity index (χ1n) is 7.26.